The standard InChI is InChI=1S/C50H100N2O2S8/c1-5-9-13-17-21-25-29-33-37-41-45-55-59-51(60-56-46-42-38-34-30-26-22-18-14-10-6-2)49(53)50(54)52(61-57-47-43-39-35-31-27-23-19-15-11-7-3)62-58-48-44-40-36-32-28-24-20-16-12-8-4/h5-48H2,1-4H3. The van der Waals surface area contributed by atoms with Gasteiger partial charge in [0.1, 0.15) is 0 Å². The van der Waals surface area contributed by atoms with Gasteiger partial charge in [0.25, 0.3) is 0 Å². The maximum Gasteiger partial charge on any atom is 0.335 e. The molecule has 0 aromatic carbocycles. The lowest BCUT2D eigenvalue weighted by molar-refractivity contribution is -0.141. The van der Waals surface area contributed by atoms with Gasteiger partial charge in [0, 0.05) is 66.9 Å². The van der Waals surface area contributed by atoms with Gasteiger partial charge in [-0.25, -0.2) is 0 Å². The highest BCUT2D eigenvalue weighted by atomic mass is 33.2. The van der Waals surface area contributed by atoms with Crippen LogP contribution >= 0.6 is 87.1 Å². The maximum absolute atomic E-state index is 14.0. The fourth-order valence-electron chi connectivity index (χ4n) is 7.25. The zero-order valence-corrected chi connectivity index (χ0v) is 47.6. The predicted molar refractivity (Wildman–Crippen MR) is 301 cm³/mol. The first kappa shape index (κ1) is 63.7. The highest BCUT2D eigenvalue weighted by Gasteiger charge is 2.31. The summed E-state index contributed by atoms with van der Waals surface area (Å²) in [4.78, 5) is 28.0. The molecule has 0 heterocycles. The van der Waals surface area contributed by atoms with Crippen molar-refractivity contribution in [3.63, 3.8) is 0 Å². The summed E-state index contributed by atoms with van der Waals surface area (Å²) in [7, 11) is 13.0. The van der Waals surface area contributed by atoms with Gasteiger partial charge in [0.05, 0.1) is 0 Å². The van der Waals surface area contributed by atoms with E-state index in [1.54, 1.807) is 50.6 Å². The van der Waals surface area contributed by atoms with Gasteiger partial charge >= 0.3 is 11.8 Å². The zero-order valence-electron chi connectivity index (χ0n) is 41.1. The van der Waals surface area contributed by atoms with Crippen molar-refractivity contribution in [1.82, 2.24) is 7.42 Å². The minimum atomic E-state index is -0.384. The summed E-state index contributed by atoms with van der Waals surface area (Å²) in [6.45, 7) is 9.14. The van der Waals surface area contributed by atoms with Crippen molar-refractivity contribution in [2.45, 2.75) is 285 Å². The molecule has 0 saturated carbocycles. The second-order valence-corrected chi connectivity index (χ2v) is 27.2. The molecule has 0 aromatic heterocycles. The Balaban J connectivity index is 5.05. The summed E-state index contributed by atoms with van der Waals surface area (Å²) in [6.07, 6.45) is 53.2. The summed E-state index contributed by atoms with van der Waals surface area (Å²) in [6, 6.07) is 0. The van der Waals surface area contributed by atoms with E-state index in [0.29, 0.717) is 0 Å². The normalized spacial score (nSPS) is 11.5. The molecular formula is C50H100N2O2S8. The lowest BCUT2D eigenvalue weighted by Gasteiger charge is -2.22. The van der Waals surface area contributed by atoms with Crippen LogP contribution in [0.2, 0.25) is 0 Å². The van der Waals surface area contributed by atoms with Crippen molar-refractivity contribution < 1.29 is 9.59 Å². The van der Waals surface area contributed by atoms with Crippen LogP contribution in [0.25, 0.3) is 0 Å². The lowest BCUT2D eigenvalue weighted by Crippen LogP contribution is -2.32. The van der Waals surface area contributed by atoms with Crippen LogP contribution in [0.15, 0.2) is 0 Å². The second-order valence-electron chi connectivity index (χ2n) is 17.4. The SMILES string of the molecule is CCCCCCCCCCCCSSN(SSCCCCCCCCCCCC)C(=O)C(=O)N(SSCCCCCCCCCCCC)SSCCCCCCCCCCCC. The predicted octanol–water partition coefficient (Wildman–Crippen LogP) is 21.5. The summed E-state index contributed by atoms with van der Waals surface area (Å²) >= 11 is 0. The molecule has 0 atom stereocenters. The molecule has 0 unspecified atom stereocenters. The Bertz CT molecular complexity index is 783. The quantitative estimate of drug-likeness (QED) is 0.0255. The smallest absolute Gasteiger partial charge is 0.261 e. The Hall–Kier alpha value is 1.74. The Morgan fingerprint density at radius 2 is 0.387 bits per heavy atom. The molecule has 370 valence electrons. The molecule has 0 aliphatic heterocycles. The first-order valence-electron chi connectivity index (χ1n) is 26.5. The molecule has 0 aromatic rings. The summed E-state index contributed by atoms with van der Waals surface area (Å²) in [5, 5.41) is 0. The zero-order chi connectivity index (χ0) is 45.1. The van der Waals surface area contributed by atoms with Gasteiger partial charge in [-0.15, -0.1) is 0 Å². The molecule has 0 spiro atoms. The van der Waals surface area contributed by atoms with Crippen LogP contribution in [-0.2, 0) is 9.59 Å². The van der Waals surface area contributed by atoms with Crippen LogP contribution in [-0.4, -0.2) is 42.2 Å². The van der Waals surface area contributed by atoms with Gasteiger partial charge in [-0.1, -0.05) is 302 Å². The molecular weight excluding hydrogens is 917 g/mol. The number of amides is 2. The van der Waals surface area contributed by atoms with Gasteiger partial charge in [-0.2, -0.15) is 7.42 Å². The number of rotatable bonds is 52. The molecule has 0 saturated heterocycles. The average Bonchev–Trinajstić information content (AvgIpc) is 3.28. The van der Waals surface area contributed by atoms with Gasteiger partial charge in [-0.05, 0) is 25.7 Å². The number of carbonyl (C=O) groups is 2. The van der Waals surface area contributed by atoms with Crippen LogP contribution < -0.4 is 0 Å². The van der Waals surface area contributed by atoms with Crippen molar-refractivity contribution in [3.8, 4) is 0 Å². The molecule has 0 radical (unpaired) electrons. The fourth-order valence-corrected chi connectivity index (χ4v) is 17.6. The van der Waals surface area contributed by atoms with Gasteiger partial charge in [0.15, 0.2) is 0 Å². The molecule has 0 N–H and O–H groups in total. The molecule has 62 heavy (non-hydrogen) atoms. The van der Waals surface area contributed by atoms with Crippen LogP contribution in [0, 0.1) is 0 Å². The van der Waals surface area contributed by atoms with Crippen LogP contribution in [0.3, 0.4) is 0 Å². The average molecular weight is 1020 g/mol. The van der Waals surface area contributed by atoms with Gasteiger partial charge in [-0.3, -0.25) is 9.59 Å². The monoisotopic (exact) mass is 1020 g/mol. The number of hydrogen-bond donors (Lipinski definition) is 0. The fraction of sp³-hybridized carbons (Fsp3) is 0.960. The number of unbranched alkanes of at least 4 members (excludes halogenated alkanes) is 36. The van der Waals surface area contributed by atoms with E-state index < -0.39 is 0 Å². The van der Waals surface area contributed by atoms with Crippen molar-refractivity contribution in [2.24, 2.45) is 0 Å². The topological polar surface area (TPSA) is 40.6 Å². The third-order valence-electron chi connectivity index (χ3n) is 11.3. The minimum absolute atomic E-state index is 0.384. The highest BCUT2D eigenvalue weighted by Crippen LogP contribution is 2.43. The molecule has 2 amide bonds. The molecule has 0 bridgehead atoms. The molecule has 0 fully saturated rings. The Kier molecular flexibility index (Phi) is 56.9. The second kappa shape index (κ2) is 55.3. The third kappa shape index (κ3) is 46.8. The van der Waals surface area contributed by atoms with Gasteiger partial charge < -0.3 is 0 Å². The maximum atomic E-state index is 14.0. The molecule has 4 nitrogen and oxygen atoms in total. The van der Waals surface area contributed by atoms with E-state index in [9.17, 15) is 9.59 Å². The molecule has 0 aliphatic rings. The first-order valence-corrected chi connectivity index (χ1v) is 35.6. The Morgan fingerprint density at radius 1 is 0.242 bits per heavy atom. The van der Waals surface area contributed by atoms with E-state index in [2.05, 4.69) is 27.7 Å². The van der Waals surface area contributed by atoms with Gasteiger partial charge in [0.2, 0.25) is 0 Å². The summed E-state index contributed by atoms with van der Waals surface area (Å²) < 4.78 is 3.41. The van der Waals surface area contributed by atoms with E-state index in [4.69, 9.17) is 0 Å². The van der Waals surface area contributed by atoms with E-state index in [-0.39, 0.29) is 11.8 Å². The number of hydrogen-bond acceptors (Lipinski definition) is 10. The summed E-state index contributed by atoms with van der Waals surface area (Å²) in [5.41, 5.74) is 0. The van der Waals surface area contributed by atoms with E-state index in [1.807, 2.05) is 0 Å². The van der Waals surface area contributed by atoms with Crippen LogP contribution in [0.5, 0.6) is 0 Å². The Morgan fingerprint density at radius 3 is 0.548 bits per heavy atom. The van der Waals surface area contributed by atoms with Crippen molar-refractivity contribution >= 4 is 98.9 Å². The molecule has 0 rings (SSSR count). The van der Waals surface area contributed by atoms with Crippen molar-refractivity contribution in [1.29, 1.82) is 0 Å². The van der Waals surface area contributed by atoms with E-state index in [1.165, 1.54) is 301 Å². The minimum Gasteiger partial charge on any atom is -0.261 e. The van der Waals surface area contributed by atoms with E-state index in [0.717, 1.165) is 23.0 Å². The number of carbonyl (C=O) groups excluding carboxylic acids is 2. The van der Waals surface area contributed by atoms with E-state index >= 15 is 0 Å². The first-order chi connectivity index (χ1) is 30.6. The lowest BCUT2D eigenvalue weighted by atomic mass is 10.1. The third-order valence-corrected chi connectivity index (χ3v) is 21.8. The largest absolute Gasteiger partial charge is 0.335 e. The highest BCUT2D eigenvalue weighted by molar-refractivity contribution is 8.84. The van der Waals surface area contributed by atoms with Crippen LogP contribution in [0.1, 0.15) is 285 Å². The van der Waals surface area contributed by atoms with Crippen molar-refractivity contribution in [2.75, 3.05) is 23.0 Å². The molecule has 0 aliphatic carbocycles. The Labute approximate surface area is 420 Å². The van der Waals surface area contributed by atoms with Crippen LogP contribution in [0.4, 0.5) is 0 Å². The number of nitrogens with zero attached hydrogens (tertiary/aromatic N) is 2. The molecule has 12 heteroatoms. The van der Waals surface area contributed by atoms with Crippen molar-refractivity contribution in [3.05, 3.63) is 0 Å². The summed E-state index contributed by atoms with van der Waals surface area (Å²) in [5.74, 6) is 3.29.